The van der Waals surface area contributed by atoms with Gasteiger partial charge in [0.2, 0.25) is 0 Å². The molecule has 0 saturated heterocycles. The molecule has 0 heterocycles. The summed E-state index contributed by atoms with van der Waals surface area (Å²) in [5.41, 5.74) is 0. The molecule has 0 rings (SSSR count). The molecule has 17 heavy (non-hydrogen) atoms. The van der Waals surface area contributed by atoms with E-state index in [1.165, 1.54) is 0 Å². The maximum atomic E-state index is 11.6. The second kappa shape index (κ2) is 6.95. The van der Waals surface area contributed by atoms with Crippen LogP contribution in [0.2, 0.25) is 0 Å². The minimum absolute atomic E-state index is 0.148. The van der Waals surface area contributed by atoms with E-state index in [2.05, 4.69) is 0 Å². The molecule has 0 aliphatic heterocycles. The fraction of sp³-hybridized carbons (Fsp3) is 0.889. The normalized spacial score (nSPS) is 12.4. The highest BCUT2D eigenvalue weighted by Gasteiger charge is 2.32. The summed E-state index contributed by atoms with van der Waals surface area (Å²) in [6.45, 7) is 3.55. The lowest BCUT2D eigenvalue weighted by Gasteiger charge is -2.16. The van der Waals surface area contributed by atoms with Crippen molar-refractivity contribution in [2.75, 3.05) is 11.5 Å². The summed E-state index contributed by atoms with van der Waals surface area (Å²) in [5.74, 6) is -0.714. The summed E-state index contributed by atoms with van der Waals surface area (Å²) in [6, 6.07) is 0. The van der Waals surface area contributed by atoms with Crippen molar-refractivity contribution in [3.63, 3.8) is 0 Å². The van der Waals surface area contributed by atoms with E-state index in [1.54, 1.807) is 13.8 Å². The van der Waals surface area contributed by atoms with Crippen LogP contribution < -0.4 is 0 Å². The monoisotopic (exact) mass is 284 g/mol. The number of sulfonamides is 2. The van der Waals surface area contributed by atoms with Gasteiger partial charge in [0.15, 0.2) is 0 Å². The minimum atomic E-state index is -4.10. The Kier molecular flexibility index (Phi) is 6.69. The summed E-state index contributed by atoms with van der Waals surface area (Å²) >= 11 is 0. The third-order valence-corrected chi connectivity index (χ3v) is 6.22. The molecule has 0 aliphatic rings. The Morgan fingerprint density at radius 3 is 1.47 bits per heavy atom. The molecule has 8 heteroatoms. The third kappa shape index (κ3) is 5.03. The molecule has 0 saturated carbocycles. The van der Waals surface area contributed by atoms with E-state index in [1.807, 2.05) is 0 Å². The summed E-state index contributed by atoms with van der Waals surface area (Å²) in [7, 11) is -8.20. The Labute approximate surface area is 103 Å². The van der Waals surface area contributed by atoms with Gasteiger partial charge in [-0.2, -0.15) is 0 Å². The molecule has 0 aromatic heterocycles. The highest BCUT2D eigenvalue weighted by atomic mass is 32.3. The zero-order valence-electron chi connectivity index (χ0n) is 10.0. The topological polar surface area (TPSA) is 88.6 Å². The van der Waals surface area contributed by atoms with Crippen LogP contribution in [-0.4, -0.2) is 38.5 Å². The molecule has 0 spiro atoms. The highest BCUT2D eigenvalue weighted by molar-refractivity contribution is 8.04. The molecule has 0 aromatic carbocycles. The number of amides is 1. The zero-order valence-corrected chi connectivity index (χ0v) is 11.7. The average Bonchev–Trinajstić information content (AvgIpc) is 2.24. The molecule has 101 valence electrons. The van der Waals surface area contributed by atoms with Crippen molar-refractivity contribution in [2.24, 2.45) is 0 Å². The van der Waals surface area contributed by atoms with Crippen molar-refractivity contribution in [1.29, 1.82) is 0 Å². The Hall–Kier alpha value is -0.630. The van der Waals surface area contributed by atoms with Crippen LogP contribution in [0.15, 0.2) is 0 Å². The van der Waals surface area contributed by atoms with E-state index < -0.39 is 20.0 Å². The average molecular weight is 284 g/mol. The predicted octanol–water partition coefficient (Wildman–Crippen LogP) is 0.615. The van der Waals surface area contributed by atoms with Crippen LogP contribution in [0.3, 0.4) is 0 Å². The quantitative estimate of drug-likeness (QED) is 0.579. The molecule has 0 atom stereocenters. The SMILES string of the molecule is CCCCS(=O)(=O)N([C]=O)S(=O)(=O)CCCC. The fourth-order valence-corrected chi connectivity index (χ4v) is 4.80. The van der Waals surface area contributed by atoms with Gasteiger partial charge < -0.3 is 0 Å². The van der Waals surface area contributed by atoms with Gasteiger partial charge in [-0.05, 0) is 12.8 Å². The first-order valence-electron chi connectivity index (χ1n) is 5.45. The first kappa shape index (κ1) is 16.4. The Morgan fingerprint density at radius 1 is 0.882 bits per heavy atom. The standard InChI is InChI=1S/C9H18NO5S2/c1-3-5-7-16(12,13)10(9-11)17(14,15)8-6-4-2/h3-8H2,1-2H3. The van der Waals surface area contributed by atoms with E-state index in [0.717, 1.165) is 6.41 Å². The maximum absolute atomic E-state index is 11.6. The van der Waals surface area contributed by atoms with Crippen molar-refractivity contribution in [3.05, 3.63) is 0 Å². The van der Waals surface area contributed by atoms with E-state index >= 15 is 0 Å². The Bertz CT molecular complexity index is 388. The van der Waals surface area contributed by atoms with Crippen LogP contribution in [0, 0.1) is 0 Å². The van der Waals surface area contributed by atoms with Crippen LogP contribution in [0.5, 0.6) is 0 Å². The largest absolute Gasteiger partial charge is 0.341 e. The molecule has 0 unspecified atom stereocenters. The number of nitrogens with zero attached hydrogens (tertiary/aromatic N) is 1. The van der Waals surface area contributed by atoms with Gasteiger partial charge in [-0.25, -0.2) is 16.8 Å². The van der Waals surface area contributed by atoms with Crippen molar-refractivity contribution >= 4 is 26.5 Å². The minimum Gasteiger partial charge on any atom is -0.261 e. The number of unbranched alkanes of at least 4 members (excludes halogenated alkanes) is 2. The lowest BCUT2D eigenvalue weighted by Crippen LogP contribution is -2.38. The van der Waals surface area contributed by atoms with Gasteiger partial charge >= 0.3 is 6.41 Å². The molecule has 0 aromatic rings. The molecular weight excluding hydrogens is 266 g/mol. The summed E-state index contributed by atoms with van der Waals surface area (Å²) in [5, 5.41) is 0. The predicted molar refractivity (Wildman–Crippen MR) is 64.9 cm³/mol. The molecule has 0 N–H and O–H groups in total. The fourth-order valence-electron chi connectivity index (χ4n) is 1.11. The van der Waals surface area contributed by atoms with Gasteiger partial charge in [0.05, 0.1) is 11.5 Å². The summed E-state index contributed by atoms with van der Waals surface area (Å²) < 4.78 is 46.3. The van der Waals surface area contributed by atoms with Gasteiger partial charge in [-0.15, -0.1) is 3.71 Å². The van der Waals surface area contributed by atoms with Crippen molar-refractivity contribution < 1.29 is 21.6 Å². The Balaban J connectivity index is 5.01. The van der Waals surface area contributed by atoms with Gasteiger partial charge in [-0.1, -0.05) is 26.7 Å². The number of hydrogen-bond donors (Lipinski definition) is 0. The molecule has 6 nitrogen and oxygen atoms in total. The van der Waals surface area contributed by atoms with Crippen molar-refractivity contribution in [3.8, 4) is 0 Å². The summed E-state index contributed by atoms with van der Waals surface area (Å²) in [6.07, 6.45) is 2.82. The number of rotatable bonds is 9. The number of hydrogen-bond acceptors (Lipinski definition) is 5. The molecule has 1 amide bonds. The third-order valence-electron chi connectivity index (χ3n) is 2.09. The highest BCUT2D eigenvalue weighted by Crippen LogP contribution is 2.11. The molecule has 0 bridgehead atoms. The lowest BCUT2D eigenvalue weighted by molar-refractivity contribution is 0.505. The second-order valence-corrected chi connectivity index (χ2v) is 7.73. The Morgan fingerprint density at radius 2 is 1.24 bits per heavy atom. The van der Waals surface area contributed by atoms with Crippen LogP contribution in [0.25, 0.3) is 0 Å². The summed E-state index contributed by atoms with van der Waals surface area (Å²) in [4.78, 5) is 10.6. The maximum Gasteiger partial charge on any atom is 0.341 e. The number of carbonyl (C=O) groups excluding carboxylic acids is 1. The van der Waals surface area contributed by atoms with Crippen LogP contribution in [0.1, 0.15) is 39.5 Å². The van der Waals surface area contributed by atoms with Gasteiger partial charge in [-0.3, -0.25) is 4.79 Å². The van der Waals surface area contributed by atoms with E-state index in [9.17, 15) is 21.6 Å². The van der Waals surface area contributed by atoms with Crippen molar-refractivity contribution in [2.45, 2.75) is 39.5 Å². The zero-order chi connectivity index (χ0) is 13.5. The first-order chi connectivity index (χ1) is 7.81. The molecule has 0 aliphatic carbocycles. The van der Waals surface area contributed by atoms with E-state index in [0.29, 0.717) is 25.7 Å². The van der Waals surface area contributed by atoms with Crippen LogP contribution >= 0.6 is 0 Å². The van der Waals surface area contributed by atoms with Crippen LogP contribution in [-0.2, 0) is 24.8 Å². The smallest absolute Gasteiger partial charge is 0.261 e. The molecular formula is C9H18NO5S2. The van der Waals surface area contributed by atoms with Crippen molar-refractivity contribution in [1.82, 2.24) is 3.71 Å². The van der Waals surface area contributed by atoms with E-state index in [4.69, 9.17) is 0 Å². The van der Waals surface area contributed by atoms with Crippen LogP contribution in [0.4, 0.5) is 0 Å². The molecule has 0 fully saturated rings. The van der Waals surface area contributed by atoms with E-state index in [-0.39, 0.29) is 15.2 Å². The van der Waals surface area contributed by atoms with Gasteiger partial charge in [0.1, 0.15) is 0 Å². The second-order valence-electron chi connectivity index (χ2n) is 3.63. The first-order valence-corrected chi connectivity index (χ1v) is 8.67. The molecule has 1 radical (unpaired) electrons. The van der Waals surface area contributed by atoms with Gasteiger partial charge in [0.25, 0.3) is 20.0 Å². The van der Waals surface area contributed by atoms with Gasteiger partial charge in [0, 0.05) is 0 Å². The lowest BCUT2D eigenvalue weighted by atomic mass is 10.4.